The van der Waals surface area contributed by atoms with Gasteiger partial charge in [-0.25, -0.2) is 0 Å². The molecule has 0 aromatic carbocycles. The third-order valence-electron chi connectivity index (χ3n) is 0.972. The molecular formula is C4H8N6O4. The van der Waals surface area contributed by atoms with Crippen LogP contribution in [0.4, 0.5) is 17.5 Å². The van der Waals surface area contributed by atoms with E-state index >= 15 is 0 Å². The quantitative estimate of drug-likeness (QED) is 0.249. The maximum atomic E-state index is 8.84. The first-order valence-corrected chi connectivity index (χ1v) is 3.05. The van der Waals surface area contributed by atoms with Gasteiger partial charge in [-0.05, 0) is 0 Å². The summed E-state index contributed by atoms with van der Waals surface area (Å²) in [6, 6.07) is 0. The third kappa shape index (κ3) is 3.75. The Kier molecular flexibility index (Phi) is 3.68. The van der Waals surface area contributed by atoms with Gasteiger partial charge >= 0.3 is 0 Å². The van der Waals surface area contributed by atoms with Crippen molar-refractivity contribution in [3.05, 3.63) is 10.1 Å². The van der Waals surface area contributed by atoms with Crippen LogP contribution in [0.25, 0.3) is 0 Å². The molecule has 0 atom stereocenters. The molecule has 0 radical (unpaired) electrons. The second-order valence-electron chi connectivity index (χ2n) is 1.94. The van der Waals surface area contributed by atoms with Gasteiger partial charge in [0.25, 0.3) is 5.09 Å². The van der Waals surface area contributed by atoms with Crippen molar-refractivity contribution in [1.29, 1.82) is 0 Å². The first-order chi connectivity index (χ1) is 6.34. The predicted molar refractivity (Wildman–Crippen MR) is 45.7 cm³/mol. The van der Waals surface area contributed by atoms with Gasteiger partial charge in [-0.15, -0.1) is 10.1 Å². The smallest absolute Gasteiger partial charge is 0.291 e. The lowest BCUT2D eigenvalue weighted by Crippen LogP contribution is -2.03. The van der Waals surface area contributed by atoms with Crippen LogP contribution in [0.1, 0.15) is 0 Å². The minimum Gasteiger partial charge on any atom is -0.492 e. The molecule has 78 valence electrons. The van der Waals surface area contributed by atoms with Crippen LogP contribution in [0.3, 0.4) is 0 Å². The van der Waals surface area contributed by atoms with Gasteiger partial charge in [0.15, 0.2) is 5.82 Å². The number of hydrogen-bond acceptors (Lipinski definition) is 8. The highest BCUT2D eigenvalue weighted by molar-refractivity contribution is 5.65. The summed E-state index contributed by atoms with van der Waals surface area (Å²) in [4.78, 5) is 15.2. The number of nitrogen functional groups attached to an aromatic ring is 3. The summed E-state index contributed by atoms with van der Waals surface area (Å²) in [5, 5.41) is 22.5. The second-order valence-corrected chi connectivity index (χ2v) is 1.94. The van der Waals surface area contributed by atoms with Gasteiger partial charge in [0, 0.05) is 0 Å². The molecule has 0 fully saturated rings. The minimum absolute atomic E-state index is 0.00926. The fourth-order valence-corrected chi connectivity index (χ4v) is 0.492. The van der Waals surface area contributed by atoms with Crippen LogP contribution in [0.2, 0.25) is 0 Å². The van der Waals surface area contributed by atoms with Crippen molar-refractivity contribution >= 4 is 17.5 Å². The number of rotatable bonds is 0. The van der Waals surface area contributed by atoms with Gasteiger partial charge in [0.2, 0.25) is 11.8 Å². The molecule has 1 rings (SSSR count). The lowest BCUT2D eigenvalue weighted by atomic mass is 10.5. The maximum absolute atomic E-state index is 8.84. The van der Waals surface area contributed by atoms with Crippen LogP contribution in [0.15, 0.2) is 0 Å². The summed E-state index contributed by atoms with van der Waals surface area (Å²) in [5.74, 6) is -0.487. The van der Waals surface area contributed by atoms with Crippen molar-refractivity contribution in [3.63, 3.8) is 0 Å². The molecule has 0 amide bonds. The Hall–Kier alpha value is -2.52. The molecule has 10 heteroatoms. The number of nitrogens with zero attached hydrogens (tertiary/aromatic N) is 3. The topological polar surface area (TPSA) is 187 Å². The van der Waals surface area contributed by atoms with E-state index in [0.717, 1.165) is 0 Å². The fraction of sp³-hybridized carbons (Fsp3) is 0. The van der Waals surface area contributed by atoms with Crippen LogP contribution >= 0.6 is 0 Å². The molecule has 0 aliphatic heterocycles. The van der Waals surface area contributed by atoms with Crippen LogP contribution in [-0.2, 0) is 0 Å². The molecule has 0 bridgehead atoms. The Bertz CT molecular complexity index is 314. The molecule has 1 heterocycles. The Morgan fingerprint density at radius 1 is 1.29 bits per heavy atom. The van der Waals surface area contributed by atoms with Crippen LogP contribution in [-0.4, -0.2) is 25.4 Å². The fourth-order valence-electron chi connectivity index (χ4n) is 0.492. The Morgan fingerprint density at radius 2 is 1.71 bits per heavy atom. The highest BCUT2D eigenvalue weighted by Crippen LogP contribution is 2.21. The van der Waals surface area contributed by atoms with E-state index in [0.29, 0.717) is 0 Å². The van der Waals surface area contributed by atoms with Crippen molar-refractivity contribution in [2.75, 3.05) is 17.2 Å². The molecule has 0 spiro atoms. The maximum Gasteiger partial charge on any atom is 0.291 e. The zero-order valence-corrected chi connectivity index (χ0v) is 6.78. The van der Waals surface area contributed by atoms with Crippen molar-refractivity contribution in [2.45, 2.75) is 0 Å². The van der Waals surface area contributed by atoms with Crippen molar-refractivity contribution in [3.8, 4) is 5.88 Å². The average molecular weight is 204 g/mol. The first-order valence-electron chi connectivity index (χ1n) is 3.05. The van der Waals surface area contributed by atoms with E-state index in [2.05, 4.69) is 9.97 Å². The molecule has 0 saturated carbocycles. The van der Waals surface area contributed by atoms with Crippen molar-refractivity contribution in [1.82, 2.24) is 9.97 Å². The zero-order chi connectivity index (χ0) is 11.3. The van der Waals surface area contributed by atoms with Crippen LogP contribution in [0, 0.1) is 10.1 Å². The van der Waals surface area contributed by atoms with E-state index in [-0.39, 0.29) is 23.3 Å². The molecule has 1 aromatic rings. The summed E-state index contributed by atoms with van der Waals surface area (Å²) < 4.78 is 0. The van der Waals surface area contributed by atoms with Crippen molar-refractivity contribution < 1.29 is 15.4 Å². The molecule has 0 aliphatic carbocycles. The summed E-state index contributed by atoms with van der Waals surface area (Å²) in [6.45, 7) is 0. The highest BCUT2D eigenvalue weighted by atomic mass is 16.9. The van der Waals surface area contributed by atoms with Gasteiger partial charge in [0.05, 0.1) is 0 Å². The predicted octanol–water partition coefficient (Wildman–Crippen LogP) is -1.42. The number of hydrogen-bond donors (Lipinski definition) is 5. The van der Waals surface area contributed by atoms with Gasteiger partial charge < -0.3 is 27.5 Å². The van der Waals surface area contributed by atoms with Crippen LogP contribution < -0.4 is 17.2 Å². The van der Waals surface area contributed by atoms with E-state index in [1.807, 2.05) is 0 Å². The molecular weight excluding hydrogens is 196 g/mol. The average Bonchev–Trinajstić information content (AvgIpc) is 1.98. The highest BCUT2D eigenvalue weighted by Gasteiger charge is 2.04. The third-order valence-corrected chi connectivity index (χ3v) is 0.972. The molecule has 8 N–H and O–H groups in total. The Labute approximate surface area is 77.1 Å². The van der Waals surface area contributed by atoms with E-state index in [4.69, 9.17) is 37.6 Å². The number of anilines is 3. The summed E-state index contributed by atoms with van der Waals surface area (Å²) in [7, 11) is 0. The van der Waals surface area contributed by atoms with Gasteiger partial charge in [-0.1, -0.05) is 0 Å². The molecule has 1 aromatic heterocycles. The van der Waals surface area contributed by atoms with Gasteiger partial charge in [-0.3, -0.25) is 0 Å². The molecule has 0 aliphatic rings. The summed E-state index contributed by atoms with van der Waals surface area (Å²) in [6.07, 6.45) is 0. The molecule has 10 nitrogen and oxygen atoms in total. The number of nitrogens with two attached hydrogens (primary N) is 3. The normalized spacial score (nSPS) is 8.57. The van der Waals surface area contributed by atoms with Crippen LogP contribution in [0.5, 0.6) is 5.88 Å². The standard InChI is InChI=1S/C4H7N5O.HNO3/c5-1-2(6)8-4(7)9-3(1)10;2-1(3)4/h5H2,(H5,6,7,8,9,10);(H,2,3,4). The Morgan fingerprint density at radius 3 is 2.07 bits per heavy atom. The first kappa shape index (κ1) is 11.5. The van der Waals surface area contributed by atoms with Crippen molar-refractivity contribution in [2.24, 2.45) is 0 Å². The van der Waals surface area contributed by atoms with E-state index in [9.17, 15) is 0 Å². The largest absolute Gasteiger partial charge is 0.492 e. The Balaban J connectivity index is 0.000000364. The number of aromatic hydroxyl groups is 1. The van der Waals surface area contributed by atoms with E-state index in [1.165, 1.54) is 0 Å². The van der Waals surface area contributed by atoms with Gasteiger partial charge in [0.1, 0.15) is 5.69 Å². The van der Waals surface area contributed by atoms with E-state index < -0.39 is 5.09 Å². The molecule has 0 saturated heterocycles. The molecule has 14 heavy (non-hydrogen) atoms. The van der Waals surface area contributed by atoms with E-state index in [1.54, 1.807) is 0 Å². The lowest BCUT2D eigenvalue weighted by molar-refractivity contribution is -0.742. The monoisotopic (exact) mass is 204 g/mol. The minimum atomic E-state index is -1.50. The van der Waals surface area contributed by atoms with Gasteiger partial charge in [-0.2, -0.15) is 9.97 Å². The summed E-state index contributed by atoms with van der Waals surface area (Å²) >= 11 is 0. The SMILES string of the molecule is Nc1nc(N)c(N)c(O)n1.O=[N+]([O-])O. The molecule has 0 unspecified atom stereocenters. The lowest BCUT2D eigenvalue weighted by Gasteiger charge is -2.00. The summed E-state index contributed by atoms with van der Waals surface area (Å²) in [5.41, 5.74) is 15.5. The number of aromatic nitrogens is 2. The zero-order valence-electron chi connectivity index (χ0n) is 6.78. The second kappa shape index (κ2) is 4.49.